The van der Waals surface area contributed by atoms with Crippen LogP contribution in [-0.4, -0.2) is 29.9 Å². The molecule has 0 bridgehead atoms. The van der Waals surface area contributed by atoms with Crippen LogP contribution in [0.1, 0.15) is 60.3 Å². The summed E-state index contributed by atoms with van der Waals surface area (Å²) in [7, 11) is 0. The number of nitrogens with one attached hydrogen (secondary N) is 1. The number of hydrogen-bond acceptors (Lipinski definition) is 3. The third-order valence-electron chi connectivity index (χ3n) is 6.62. The first kappa shape index (κ1) is 16.6. The van der Waals surface area contributed by atoms with Crippen LogP contribution in [0.3, 0.4) is 0 Å². The van der Waals surface area contributed by atoms with Crippen LogP contribution in [0, 0.1) is 25.2 Å². The van der Waals surface area contributed by atoms with Gasteiger partial charge in [-0.2, -0.15) is 0 Å². The molecule has 0 atom stereocenters. The van der Waals surface area contributed by atoms with Gasteiger partial charge in [-0.05, 0) is 69.4 Å². The Bertz CT molecular complexity index is 603. The number of nitrogens with zero attached hydrogens (tertiary/aromatic N) is 1. The van der Waals surface area contributed by atoms with Gasteiger partial charge in [-0.1, -0.05) is 6.42 Å². The largest absolute Gasteiger partial charge is 0.353 e. The second kappa shape index (κ2) is 6.45. The minimum Gasteiger partial charge on any atom is -0.353 e. The van der Waals surface area contributed by atoms with E-state index in [2.05, 4.69) is 30.1 Å². The molecule has 2 heterocycles. The van der Waals surface area contributed by atoms with Crippen LogP contribution in [-0.2, 0) is 11.3 Å². The zero-order valence-electron chi connectivity index (χ0n) is 15.1. The monoisotopic (exact) mass is 346 g/mol. The molecule has 4 heteroatoms. The van der Waals surface area contributed by atoms with Gasteiger partial charge in [0, 0.05) is 41.3 Å². The van der Waals surface area contributed by atoms with E-state index in [1.807, 2.05) is 11.3 Å². The molecular weight excluding hydrogens is 316 g/mol. The normalized spacial score (nSPS) is 24.6. The first-order chi connectivity index (χ1) is 11.5. The summed E-state index contributed by atoms with van der Waals surface area (Å²) in [5.41, 5.74) is 2.09. The second-order valence-corrected chi connectivity index (χ2v) is 9.92. The highest BCUT2D eigenvalue weighted by atomic mass is 32.1. The van der Waals surface area contributed by atoms with Gasteiger partial charge < -0.3 is 5.32 Å². The molecule has 3 fully saturated rings. The zero-order valence-corrected chi connectivity index (χ0v) is 15.9. The number of likely N-dealkylation sites (tertiary alicyclic amines) is 1. The number of carbonyl (C=O) groups excluding carboxylic acids is 1. The van der Waals surface area contributed by atoms with Crippen LogP contribution in [0.15, 0.2) is 6.07 Å². The number of piperidine rings is 1. The first-order valence-corrected chi connectivity index (χ1v) is 10.4. The van der Waals surface area contributed by atoms with E-state index in [4.69, 9.17) is 0 Å². The molecule has 3 aliphatic rings. The van der Waals surface area contributed by atoms with E-state index in [1.165, 1.54) is 34.6 Å². The molecule has 1 aliphatic heterocycles. The van der Waals surface area contributed by atoms with Gasteiger partial charge in [0.25, 0.3) is 0 Å². The molecule has 3 nitrogen and oxygen atoms in total. The molecule has 1 spiro atoms. The van der Waals surface area contributed by atoms with Gasteiger partial charge in [0.2, 0.25) is 5.91 Å². The van der Waals surface area contributed by atoms with E-state index in [0.29, 0.717) is 23.3 Å². The maximum absolute atomic E-state index is 12.4. The average molecular weight is 347 g/mol. The highest BCUT2D eigenvalue weighted by molar-refractivity contribution is 7.12. The van der Waals surface area contributed by atoms with Crippen LogP contribution >= 0.6 is 11.3 Å². The number of rotatable bonds is 4. The number of aryl methyl sites for hydroxylation is 2. The van der Waals surface area contributed by atoms with Gasteiger partial charge in [0.1, 0.15) is 0 Å². The van der Waals surface area contributed by atoms with E-state index in [0.717, 1.165) is 45.3 Å². The summed E-state index contributed by atoms with van der Waals surface area (Å²) in [4.78, 5) is 17.8. The van der Waals surface area contributed by atoms with Gasteiger partial charge in [-0.25, -0.2) is 0 Å². The van der Waals surface area contributed by atoms with Gasteiger partial charge in [0.15, 0.2) is 0 Å². The molecule has 1 N–H and O–H groups in total. The van der Waals surface area contributed by atoms with E-state index in [-0.39, 0.29) is 0 Å². The second-order valence-electron chi connectivity index (χ2n) is 8.46. The van der Waals surface area contributed by atoms with Crippen molar-refractivity contribution < 1.29 is 4.79 Å². The molecule has 0 radical (unpaired) electrons. The maximum atomic E-state index is 12.4. The Kier molecular flexibility index (Phi) is 4.46. The smallest absolute Gasteiger partial charge is 0.223 e. The summed E-state index contributed by atoms with van der Waals surface area (Å²) in [6.45, 7) is 7.70. The molecule has 2 aliphatic carbocycles. The van der Waals surface area contributed by atoms with Crippen molar-refractivity contribution in [3.63, 3.8) is 0 Å². The molecule has 0 unspecified atom stereocenters. The number of carbonyl (C=O) groups is 1. The predicted molar refractivity (Wildman–Crippen MR) is 99.2 cm³/mol. The van der Waals surface area contributed by atoms with Crippen molar-refractivity contribution in [1.82, 2.24) is 10.2 Å². The lowest BCUT2D eigenvalue weighted by Gasteiger charge is -2.53. The van der Waals surface area contributed by atoms with Crippen molar-refractivity contribution in [2.45, 2.75) is 71.4 Å². The minimum atomic E-state index is 0.319. The lowest BCUT2D eigenvalue weighted by Crippen LogP contribution is -2.52. The molecule has 132 valence electrons. The Balaban J connectivity index is 1.20. The fourth-order valence-electron chi connectivity index (χ4n) is 4.89. The van der Waals surface area contributed by atoms with E-state index >= 15 is 0 Å². The highest BCUT2D eigenvalue weighted by Gasteiger charge is 2.50. The van der Waals surface area contributed by atoms with Crippen LogP contribution < -0.4 is 5.32 Å². The Morgan fingerprint density at radius 1 is 1.29 bits per heavy atom. The molecule has 4 rings (SSSR count). The molecule has 2 saturated carbocycles. The first-order valence-electron chi connectivity index (χ1n) is 9.62. The van der Waals surface area contributed by atoms with Crippen LogP contribution in [0.25, 0.3) is 0 Å². The van der Waals surface area contributed by atoms with E-state index in [1.54, 1.807) is 0 Å². The summed E-state index contributed by atoms with van der Waals surface area (Å²) < 4.78 is 0. The molecule has 1 aromatic heterocycles. The fourth-order valence-corrected chi connectivity index (χ4v) is 5.83. The van der Waals surface area contributed by atoms with Gasteiger partial charge in [-0.15, -0.1) is 11.3 Å². The van der Waals surface area contributed by atoms with Crippen LogP contribution in [0.4, 0.5) is 0 Å². The fraction of sp³-hybridized carbons (Fsp3) is 0.750. The van der Waals surface area contributed by atoms with Crippen molar-refractivity contribution in [3.8, 4) is 0 Å². The summed E-state index contributed by atoms with van der Waals surface area (Å²) in [6.07, 6.45) is 8.66. The van der Waals surface area contributed by atoms with Crippen molar-refractivity contribution in [2.24, 2.45) is 11.3 Å². The van der Waals surface area contributed by atoms with Gasteiger partial charge in [0.05, 0.1) is 0 Å². The molecule has 24 heavy (non-hydrogen) atoms. The molecular formula is C20H30N2OS. The molecule has 1 aromatic rings. The number of thiophene rings is 1. The van der Waals surface area contributed by atoms with Crippen molar-refractivity contribution in [2.75, 3.05) is 13.1 Å². The van der Waals surface area contributed by atoms with Crippen molar-refractivity contribution in [3.05, 3.63) is 21.4 Å². The Morgan fingerprint density at radius 3 is 2.54 bits per heavy atom. The standard InChI is InChI=1S/C20H30N2OS/c1-14-10-16(15(2)24-14)13-22-8-4-18(5-9-22)21-19(23)17-11-20(12-17)6-3-7-20/h10,17-18H,3-9,11-13H2,1-2H3,(H,21,23). The Morgan fingerprint density at radius 2 is 2.00 bits per heavy atom. The average Bonchev–Trinajstić information content (AvgIpc) is 2.76. The number of hydrogen-bond donors (Lipinski definition) is 1. The zero-order chi connectivity index (χ0) is 16.7. The summed E-state index contributed by atoms with van der Waals surface area (Å²) in [5, 5.41) is 3.34. The van der Waals surface area contributed by atoms with Gasteiger partial charge in [-0.3, -0.25) is 9.69 Å². The molecule has 1 saturated heterocycles. The maximum Gasteiger partial charge on any atom is 0.223 e. The third kappa shape index (κ3) is 3.28. The van der Waals surface area contributed by atoms with Crippen LogP contribution in [0.5, 0.6) is 0 Å². The minimum absolute atomic E-state index is 0.319. The third-order valence-corrected chi connectivity index (χ3v) is 7.62. The van der Waals surface area contributed by atoms with Crippen LogP contribution in [0.2, 0.25) is 0 Å². The Labute approximate surface area is 149 Å². The summed E-state index contributed by atoms with van der Waals surface area (Å²) in [6, 6.07) is 2.73. The lowest BCUT2D eigenvalue weighted by atomic mass is 9.51. The molecule has 1 amide bonds. The van der Waals surface area contributed by atoms with E-state index < -0.39 is 0 Å². The Hall–Kier alpha value is -0.870. The highest BCUT2D eigenvalue weighted by Crippen LogP contribution is 2.58. The predicted octanol–water partition coefficient (Wildman–Crippen LogP) is 4.03. The van der Waals surface area contributed by atoms with E-state index in [9.17, 15) is 4.79 Å². The lowest BCUT2D eigenvalue weighted by molar-refractivity contribution is -0.137. The van der Waals surface area contributed by atoms with Gasteiger partial charge >= 0.3 is 0 Å². The summed E-state index contributed by atoms with van der Waals surface area (Å²) >= 11 is 1.90. The topological polar surface area (TPSA) is 32.3 Å². The van der Waals surface area contributed by atoms with Crippen molar-refractivity contribution >= 4 is 17.2 Å². The number of amides is 1. The van der Waals surface area contributed by atoms with Crippen molar-refractivity contribution in [1.29, 1.82) is 0 Å². The SMILES string of the molecule is Cc1cc(CN2CCC(NC(=O)C3CC4(CCC4)C3)CC2)c(C)s1. The summed E-state index contributed by atoms with van der Waals surface area (Å²) in [5.74, 6) is 0.662. The molecule has 0 aromatic carbocycles. The quantitative estimate of drug-likeness (QED) is 0.893.